The minimum Gasteiger partial charge on any atom is -0.496 e. The molecule has 0 bridgehead atoms. The average molecular weight is 273 g/mol. The minimum absolute atomic E-state index is 0.0363. The van der Waals surface area contributed by atoms with Gasteiger partial charge in [0.25, 0.3) is 0 Å². The zero-order chi connectivity index (χ0) is 14.5. The number of nitrogens with one attached hydrogen (secondary N) is 1. The molecular formula is C15H19N3O2. The Morgan fingerprint density at radius 1 is 1.35 bits per heavy atom. The number of hydrogen-bond acceptors (Lipinski definition) is 4. The average Bonchev–Trinajstić information content (AvgIpc) is 2.50. The Kier molecular flexibility index (Phi) is 4.40. The zero-order valence-corrected chi connectivity index (χ0v) is 12.0. The summed E-state index contributed by atoms with van der Waals surface area (Å²) >= 11 is 0. The van der Waals surface area contributed by atoms with E-state index in [1.165, 1.54) is 0 Å². The van der Waals surface area contributed by atoms with E-state index in [0.29, 0.717) is 12.4 Å². The van der Waals surface area contributed by atoms with Gasteiger partial charge in [-0.3, -0.25) is 4.79 Å². The van der Waals surface area contributed by atoms with Crippen molar-refractivity contribution in [2.24, 2.45) is 0 Å². The number of carbonyl (C=O) groups excluding carboxylic acids is 1. The molecular weight excluding hydrogens is 254 g/mol. The van der Waals surface area contributed by atoms with Gasteiger partial charge in [0, 0.05) is 30.6 Å². The van der Waals surface area contributed by atoms with Crippen LogP contribution in [0.2, 0.25) is 0 Å². The molecule has 0 aliphatic rings. The standard InChI is InChI=1S/C15H19N3O2/c1-4-18(2)14(19)10-17-15-12-6-5-7-13(20-3)11(12)8-9-16-15/h5-9H,4,10H2,1-3H3,(H,16,17). The Balaban J connectivity index is 2.25. The summed E-state index contributed by atoms with van der Waals surface area (Å²) in [4.78, 5) is 17.8. The van der Waals surface area contributed by atoms with Gasteiger partial charge in [0.2, 0.25) is 5.91 Å². The number of amides is 1. The Morgan fingerprint density at radius 3 is 2.85 bits per heavy atom. The van der Waals surface area contributed by atoms with E-state index in [4.69, 9.17) is 4.74 Å². The van der Waals surface area contributed by atoms with Crippen LogP contribution in [0.15, 0.2) is 30.5 Å². The first-order valence-electron chi connectivity index (χ1n) is 6.57. The number of carbonyl (C=O) groups is 1. The van der Waals surface area contributed by atoms with Gasteiger partial charge in [-0.15, -0.1) is 0 Å². The summed E-state index contributed by atoms with van der Waals surface area (Å²) < 4.78 is 5.33. The number of aromatic nitrogens is 1. The van der Waals surface area contributed by atoms with E-state index in [0.717, 1.165) is 16.5 Å². The van der Waals surface area contributed by atoms with Crippen molar-refractivity contribution in [3.05, 3.63) is 30.5 Å². The summed E-state index contributed by atoms with van der Waals surface area (Å²) in [7, 11) is 3.42. The highest BCUT2D eigenvalue weighted by Crippen LogP contribution is 2.28. The quantitative estimate of drug-likeness (QED) is 0.906. The number of nitrogens with zero attached hydrogens (tertiary/aromatic N) is 2. The van der Waals surface area contributed by atoms with Crippen molar-refractivity contribution in [1.29, 1.82) is 0 Å². The van der Waals surface area contributed by atoms with E-state index in [1.807, 2.05) is 31.2 Å². The summed E-state index contributed by atoms with van der Waals surface area (Å²) in [5.74, 6) is 1.53. The van der Waals surface area contributed by atoms with Crippen LogP contribution in [0.5, 0.6) is 5.75 Å². The van der Waals surface area contributed by atoms with Crippen LogP contribution in [-0.4, -0.2) is 43.0 Å². The van der Waals surface area contributed by atoms with Crippen molar-refractivity contribution in [3.63, 3.8) is 0 Å². The second-order valence-corrected chi connectivity index (χ2v) is 4.48. The molecule has 0 saturated heterocycles. The monoisotopic (exact) mass is 273 g/mol. The van der Waals surface area contributed by atoms with E-state index >= 15 is 0 Å². The van der Waals surface area contributed by atoms with Crippen LogP contribution in [0.3, 0.4) is 0 Å². The fourth-order valence-corrected chi connectivity index (χ4v) is 1.97. The lowest BCUT2D eigenvalue weighted by molar-refractivity contribution is -0.127. The van der Waals surface area contributed by atoms with E-state index in [9.17, 15) is 4.79 Å². The van der Waals surface area contributed by atoms with Crippen LogP contribution < -0.4 is 10.1 Å². The highest BCUT2D eigenvalue weighted by molar-refractivity contribution is 5.96. The van der Waals surface area contributed by atoms with Gasteiger partial charge in [0.15, 0.2) is 0 Å². The Bertz CT molecular complexity index is 613. The molecule has 0 aliphatic heterocycles. The number of fused-ring (bicyclic) bond motifs is 1. The van der Waals surface area contributed by atoms with E-state index in [2.05, 4.69) is 10.3 Å². The third kappa shape index (κ3) is 2.82. The zero-order valence-electron chi connectivity index (χ0n) is 12.0. The van der Waals surface area contributed by atoms with Crippen LogP contribution in [0.4, 0.5) is 5.82 Å². The number of pyridine rings is 1. The SMILES string of the molecule is CCN(C)C(=O)CNc1nccc2c(OC)cccc12. The topological polar surface area (TPSA) is 54.5 Å². The van der Waals surface area contributed by atoms with Crippen molar-refractivity contribution < 1.29 is 9.53 Å². The van der Waals surface area contributed by atoms with E-state index in [-0.39, 0.29) is 12.5 Å². The molecule has 0 fully saturated rings. The van der Waals surface area contributed by atoms with Crippen LogP contribution in [0, 0.1) is 0 Å². The molecule has 20 heavy (non-hydrogen) atoms. The molecule has 1 N–H and O–H groups in total. The summed E-state index contributed by atoms with van der Waals surface area (Å²) in [6, 6.07) is 7.68. The van der Waals surface area contributed by atoms with Gasteiger partial charge >= 0.3 is 0 Å². The maximum Gasteiger partial charge on any atom is 0.241 e. The van der Waals surface area contributed by atoms with Crippen molar-refractivity contribution in [3.8, 4) is 5.75 Å². The Hall–Kier alpha value is -2.30. The highest BCUT2D eigenvalue weighted by Gasteiger charge is 2.09. The number of likely N-dealkylation sites (N-methyl/N-ethyl adjacent to an activating group) is 1. The van der Waals surface area contributed by atoms with E-state index < -0.39 is 0 Å². The van der Waals surface area contributed by atoms with Crippen LogP contribution in [0.25, 0.3) is 10.8 Å². The van der Waals surface area contributed by atoms with Gasteiger partial charge in [0.05, 0.1) is 13.7 Å². The maximum atomic E-state index is 11.8. The molecule has 0 atom stereocenters. The van der Waals surface area contributed by atoms with Gasteiger partial charge in [-0.25, -0.2) is 4.98 Å². The Morgan fingerprint density at radius 2 is 2.15 bits per heavy atom. The fraction of sp³-hybridized carbons (Fsp3) is 0.333. The molecule has 106 valence electrons. The molecule has 1 heterocycles. The summed E-state index contributed by atoms with van der Waals surface area (Å²) in [5, 5.41) is 5.02. The third-order valence-electron chi connectivity index (χ3n) is 3.29. The number of ether oxygens (including phenoxy) is 1. The first kappa shape index (κ1) is 14.1. The molecule has 1 aromatic carbocycles. The predicted octanol–water partition coefficient (Wildman–Crippen LogP) is 2.13. The molecule has 5 nitrogen and oxygen atoms in total. The molecule has 1 amide bonds. The van der Waals surface area contributed by atoms with Gasteiger partial charge < -0.3 is 15.0 Å². The van der Waals surface area contributed by atoms with Crippen LogP contribution in [0.1, 0.15) is 6.92 Å². The van der Waals surface area contributed by atoms with E-state index in [1.54, 1.807) is 25.3 Å². The summed E-state index contributed by atoms with van der Waals surface area (Å²) in [5.41, 5.74) is 0. The number of anilines is 1. The molecule has 1 aromatic heterocycles. The molecule has 2 aromatic rings. The molecule has 2 rings (SSSR count). The van der Waals surface area contributed by atoms with Gasteiger partial charge in [-0.1, -0.05) is 12.1 Å². The van der Waals surface area contributed by atoms with Gasteiger partial charge in [-0.05, 0) is 19.1 Å². The minimum atomic E-state index is 0.0363. The van der Waals surface area contributed by atoms with Crippen molar-refractivity contribution >= 4 is 22.5 Å². The third-order valence-corrected chi connectivity index (χ3v) is 3.29. The number of benzene rings is 1. The summed E-state index contributed by atoms with van der Waals surface area (Å²) in [6.45, 7) is 2.86. The lowest BCUT2D eigenvalue weighted by atomic mass is 10.1. The van der Waals surface area contributed by atoms with Crippen LogP contribution >= 0.6 is 0 Å². The number of rotatable bonds is 5. The second-order valence-electron chi connectivity index (χ2n) is 4.48. The van der Waals surface area contributed by atoms with Gasteiger partial charge in [0.1, 0.15) is 11.6 Å². The molecule has 5 heteroatoms. The van der Waals surface area contributed by atoms with Gasteiger partial charge in [-0.2, -0.15) is 0 Å². The smallest absolute Gasteiger partial charge is 0.241 e. The predicted molar refractivity (Wildman–Crippen MR) is 80.1 cm³/mol. The Labute approximate surface area is 118 Å². The van der Waals surface area contributed by atoms with Crippen molar-refractivity contribution in [2.45, 2.75) is 6.92 Å². The molecule has 0 aliphatic carbocycles. The lowest BCUT2D eigenvalue weighted by Crippen LogP contribution is -2.32. The lowest BCUT2D eigenvalue weighted by Gasteiger charge is -2.16. The normalized spacial score (nSPS) is 10.3. The largest absolute Gasteiger partial charge is 0.496 e. The molecule has 0 unspecified atom stereocenters. The molecule has 0 radical (unpaired) electrons. The molecule has 0 spiro atoms. The first-order valence-corrected chi connectivity index (χ1v) is 6.57. The first-order chi connectivity index (χ1) is 9.67. The highest BCUT2D eigenvalue weighted by atomic mass is 16.5. The second kappa shape index (κ2) is 6.23. The molecule has 0 saturated carbocycles. The maximum absolute atomic E-state index is 11.8. The van der Waals surface area contributed by atoms with Crippen molar-refractivity contribution in [1.82, 2.24) is 9.88 Å². The van der Waals surface area contributed by atoms with Crippen LogP contribution in [-0.2, 0) is 4.79 Å². The number of hydrogen-bond donors (Lipinski definition) is 1. The number of methoxy groups -OCH3 is 1. The fourth-order valence-electron chi connectivity index (χ4n) is 1.97. The van der Waals surface area contributed by atoms with Crippen molar-refractivity contribution in [2.75, 3.05) is 32.6 Å². The summed E-state index contributed by atoms with van der Waals surface area (Å²) in [6.07, 6.45) is 1.71.